The minimum atomic E-state index is 0.109. The van der Waals surface area contributed by atoms with E-state index in [4.69, 9.17) is 0 Å². The molecule has 0 fully saturated rings. The fourth-order valence-electron chi connectivity index (χ4n) is 2.49. The lowest BCUT2D eigenvalue weighted by atomic mass is 10.0. The average molecular weight is 277 g/mol. The summed E-state index contributed by atoms with van der Waals surface area (Å²) in [7, 11) is 0. The number of benzene rings is 1. The van der Waals surface area contributed by atoms with Crippen LogP contribution >= 0.6 is 0 Å². The number of nitrogens with zero attached hydrogens (tertiary/aromatic N) is 2. The molecule has 0 aliphatic heterocycles. The lowest BCUT2D eigenvalue weighted by Gasteiger charge is -2.19. The smallest absolute Gasteiger partial charge is 0.0752 e. The van der Waals surface area contributed by atoms with Crippen LogP contribution in [-0.2, 0) is 0 Å². The molecule has 106 valence electrons. The zero-order valence-corrected chi connectivity index (χ0v) is 12.2. The lowest BCUT2D eigenvalue weighted by molar-refractivity contribution is 0.587. The van der Waals surface area contributed by atoms with Gasteiger partial charge in [-0.1, -0.05) is 31.2 Å². The van der Waals surface area contributed by atoms with E-state index >= 15 is 0 Å². The average Bonchev–Trinajstić information content (AvgIpc) is 2.56. The number of hydrogen-bond acceptors (Lipinski definition) is 3. The van der Waals surface area contributed by atoms with E-state index in [2.05, 4.69) is 52.5 Å². The van der Waals surface area contributed by atoms with Crippen LogP contribution in [0, 0.1) is 0 Å². The molecule has 0 bridgehead atoms. The minimum Gasteiger partial charge on any atom is -0.305 e. The van der Waals surface area contributed by atoms with Crippen molar-refractivity contribution >= 4 is 10.9 Å². The molecule has 21 heavy (non-hydrogen) atoms. The molecule has 3 rings (SSSR count). The molecule has 1 atom stereocenters. The van der Waals surface area contributed by atoms with Gasteiger partial charge in [0.15, 0.2) is 0 Å². The highest BCUT2D eigenvalue weighted by Crippen LogP contribution is 2.23. The van der Waals surface area contributed by atoms with Gasteiger partial charge in [-0.15, -0.1) is 0 Å². The maximum atomic E-state index is 4.51. The van der Waals surface area contributed by atoms with Crippen molar-refractivity contribution in [2.75, 3.05) is 6.54 Å². The number of pyridine rings is 2. The topological polar surface area (TPSA) is 37.8 Å². The van der Waals surface area contributed by atoms with E-state index in [-0.39, 0.29) is 6.04 Å². The molecule has 0 radical (unpaired) electrons. The third-order valence-corrected chi connectivity index (χ3v) is 3.55. The molecular formula is C18H19N3. The van der Waals surface area contributed by atoms with Crippen LogP contribution in [0.2, 0.25) is 0 Å². The fraction of sp³-hybridized carbons (Fsp3) is 0.222. The van der Waals surface area contributed by atoms with Crippen LogP contribution in [0.1, 0.15) is 30.6 Å². The Morgan fingerprint density at radius 1 is 1.00 bits per heavy atom. The second kappa shape index (κ2) is 6.46. The summed E-state index contributed by atoms with van der Waals surface area (Å²) in [5.74, 6) is 0. The minimum absolute atomic E-state index is 0.109. The summed E-state index contributed by atoms with van der Waals surface area (Å²) in [5, 5.41) is 4.74. The van der Waals surface area contributed by atoms with Crippen LogP contribution in [0.15, 0.2) is 60.9 Å². The quantitative estimate of drug-likeness (QED) is 0.772. The van der Waals surface area contributed by atoms with Gasteiger partial charge in [0.25, 0.3) is 0 Å². The number of fused-ring (bicyclic) bond motifs is 1. The van der Waals surface area contributed by atoms with Gasteiger partial charge in [0, 0.05) is 17.8 Å². The first-order valence-electron chi connectivity index (χ1n) is 7.37. The maximum absolute atomic E-state index is 4.51. The summed E-state index contributed by atoms with van der Waals surface area (Å²) < 4.78 is 0. The van der Waals surface area contributed by atoms with Crippen LogP contribution < -0.4 is 5.32 Å². The predicted molar refractivity (Wildman–Crippen MR) is 86.1 cm³/mol. The summed E-state index contributed by atoms with van der Waals surface area (Å²) in [6.07, 6.45) is 4.77. The van der Waals surface area contributed by atoms with E-state index in [9.17, 15) is 0 Å². The molecule has 1 N–H and O–H groups in total. The second-order valence-corrected chi connectivity index (χ2v) is 5.10. The van der Waals surface area contributed by atoms with Crippen molar-refractivity contribution < 1.29 is 0 Å². The fourth-order valence-corrected chi connectivity index (χ4v) is 2.49. The number of rotatable bonds is 5. The van der Waals surface area contributed by atoms with Gasteiger partial charge in [-0.25, -0.2) is 0 Å². The summed E-state index contributed by atoms with van der Waals surface area (Å²) in [4.78, 5) is 8.96. The molecule has 0 aliphatic rings. The molecule has 1 unspecified atom stereocenters. The Balaban J connectivity index is 2.01. The van der Waals surface area contributed by atoms with Gasteiger partial charge in [0.05, 0.1) is 17.3 Å². The zero-order chi connectivity index (χ0) is 14.5. The highest BCUT2D eigenvalue weighted by Gasteiger charge is 2.14. The molecule has 3 aromatic rings. The molecule has 3 heteroatoms. The molecule has 0 aliphatic carbocycles. The van der Waals surface area contributed by atoms with E-state index in [1.165, 1.54) is 5.56 Å². The van der Waals surface area contributed by atoms with Crippen molar-refractivity contribution in [1.29, 1.82) is 0 Å². The zero-order valence-electron chi connectivity index (χ0n) is 12.2. The lowest BCUT2D eigenvalue weighted by Crippen LogP contribution is -2.24. The van der Waals surface area contributed by atoms with Gasteiger partial charge in [0.1, 0.15) is 0 Å². The van der Waals surface area contributed by atoms with E-state index in [0.717, 1.165) is 29.6 Å². The Kier molecular flexibility index (Phi) is 4.22. The van der Waals surface area contributed by atoms with Gasteiger partial charge >= 0.3 is 0 Å². The molecule has 1 aromatic carbocycles. The number of aromatic nitrogens is 2. The monoisotopic (exact) mass is 277 g/mol. The second-order valence-electron chi connectivity index (χ2n) is 5.10. The highest BCUT2D eigenvalue weighted by atomic mass is 14.9. The Morgan fingerprint density at radius 2 is 1.90 bits per heavy atom. The largest absolute Gasteiger partial charge is 0.305 e. The third-order valence-electron chi connectivity index (χ3n) is 3.55. The molecular weight excluding hydrogens is 258 g/mol. The molecule has 0 spiro atoms. The van der Waals surface area contributed by atoms with Gasteiger partial charge in [-0.05, 0) is 42.8 Å². The van der Waals surface area contributed by atoms with Crippen molar-refractivity contribution in [3.05, 3.63) is 72.2 Å². The van der Waals surface area contributed by atoms with Crippen molar-refractivity contribution in [3.8, 4) is 0 Å². The van der Waals surface area contributed by atoms with E-state index in [1.54, 1.807) is 0 Å². The van der Waals surface area contributed by atoms with Gasteiger partial charge < -0.3 is 5.32 Å². The van der Waals surface area contributed by atoms with Crippen molar-refractivity contribution in [3.63, 3.8) is 0 Å². The third kappa shape index (κ3) is 3.09. The Hall–Kier alpha value is -2.26. The normalized spacial score (nSPS) is 12.4. The number of nitrogens with one attached hydrogen (secondary N) is 1. The SMILES string of the molecule is CCCNC(c1ccc2cccnc2c1)c1ccccn1. The van der Waals surface area contributed by atoms with Crippen LogP contribution in [-0.4, -0.2) is 16.5 Å². The standard InChI is InChI=1S/C18H19N3/c1-2-10-21-18(16-7-3-4-11-19-16)15-9-8-14-6-5-12-20-17(14)13-15/h3-9,11-13,18,21H,2,10H2,1H3. The van der Waals surface area contributed by atoms with Crippen molar-refractivity contribution in [2.24, 2.45) is 0 Å². The van der Waals surface area contributed by atoms with E-state index in [0.29, 0.717) is 0 Å². The summed E-state index contributed by atoms with van der Waals surface area (Å²) in [6, 6.07) is 16.6. The highest BCUT2D eigenvalue weighted by molar-refractivity contribution is 5.79. The molecule has 0 amide bonds. The molecule has 2 heterocycles. The first kappa shape index (κ1) is 13.7. The van der Waals surface area contributed by atoms with Gasteiger partial charge in [-0.3, -0.25) is 9.97 Å². The number of hydrogen-bond donors (Lipinski definition) is 1. The summed E-state index contributed by atoms with van der Waals surface area (Å²) in [5.41, 5.74) is 3.27. The molecule has 0 saturated heterocycles. The van der Waals surface area contributed by atoms with Crippen LogP contribution in [0.3, 0.4) is 0 Å². The Morgan fingerprint density at radius 3 is 2.71 bits per heavy atom. The summed E-state index contributed by atoms with van der Waals surface area (Å²) in [6.45, 7) is 3.13. The van der Waals surface area contributed by atoms with Crippen molar-refractivity contribution in [1.82, 2.24) is 15.3 Å². The molecule has 2 aromatic heterocycles. The van der Waals surface area contributed by atoms with Crippen LogP contribution in [0.5, 0.6) is 0 Å². The summed E-state index contributed by atoms with van der Waals surface area (Å²) >= 11 is 0. The van der Waals surface area contributed by atoms with E-state index in [1.807, 2.05) is 30.6 Å². The predicted octanol–water partition coefficient (Wildman–Crippen LogP) is 3.72. The van der Waals surface area contributed by atoms with Gasteiger partial charge in [0.2, 0.25) is 0 Å². The van der Waals surface area contributed by atoms with E-state index < -0.39 is 0 Å². The van der Waals surface area contributed by atoms with Crippen LogP contribution in [0.4, 0.5) is 0 Å². The maximum Gasteiger partial charge on any atom is 0.0752 e. The first-order chi connectivity index (χ1) is 10.4. The first-order valence-corrected chi connectivity index (χ1v) is 7.37. The van der Waals surface area contributed by atoms with Gasteiger partial charge in [-0.2, -0.15) is 0 Å². The molecule has 3 nitrogen and oxygen atoms in total. The Labute approximate surface area is 125 Å². The Bertz CT molecular complexity index is 710. The van der Waals surface area contributed by atoms with Crippen LogP contribution in [0.25, 0.3) is 10.9 Å². The molecule has 0 saturated carbocycles. The van der Waals surface area contributed by atoms with Crippen molar-refractivity contribution in [2.45, 2.75) is 19.4 Å².